The molecule has 13 heavy (non-hydrogen) atoms. The van der Waals surface area contributed by atoms with Crippen molar-refractivity contribution in [3.05, 3.63) is 0 Å². The molecule has 1 nitrogen and oxygen atoms in total. The summed E-state index contributed by atoms with van der Waals surface area (Å²) >= 11 is 22.7. The summed E-state index contributed by atoms with van der Waals surface area (Å²) in [6, 6.07) is 0. The van der Waals surface area contributed by atoms with Crippen LogP contribution in [0.25, 0.3) is 0 Å². The van der Waals surface area contributed by atoms with Gasteiger partial charge in [0.1, 0.15) is 11.1 Å². The minimum Gasteiger partial charge on any atom is -0.344 e. The van der Waals surface area contributed by atoms with Crippen LogP contribution in [0.2, 0.25) is 0 Å². The second-order valence-corrected chi connectivity index (χ2v) is 4.35. The molecule has 0 aliphatic heterocycles. The fourth-order valence-corrected chi connectivity index (χ4v) is 1.69. The molecule has 0 bridgehead atoms. The third-order valence-corrected chi connectivity index (χ3v) is 2.60. The molecule has 2 unspecified atom stereocenters. The van der Waals surface area contributed by atoms with Gasteiger partial charge in [0.05, 0.1) is 0 Å². The van der Waals surface area contributed by atoms with Crippen LogP contribution in [0.1, 0.15) is 25.7 Å². The van der Waals surface area contributed by atoms with Gasteiger partial charge in [-0.05, 0) is 25.7 Å². The van der Waals surface area contributed by atoms with Gasteiger partial charge in [-0.2, -0.15) is 0 Å². The SMILES string of the molecule is ClCCCC(Cl)OC(Cl)CCCCl. The summed E-state index contributed by atoms with van der Waals surface area (Å²) in [5.74, 6) is 1.20. The highest BCUT2D eigenvalue weighted by Gasteiger charge is 2.10. The van der Waals surface area contributed by atoms with Crippen LogP contribution in [-0.4, -0.2) is 22.9 Å². The molecular weight excluding hydrogens is 254 g/mol. The number of halogens is 4. The van der Waals surface area contributed by atoms with Crippen molar-refractivity contribution in [2.24, 2.45) is 0 Å². The monoisotopic (exact) mass is 266 g/mol. The maximum Gasteiger partial charge on any atom is 0.133 e. The van der Waals surface area contributed by atoms with Crippen LogP contribution in [0.5, 0.6) is 0 Å². The first-order valence-corrected chi connectivity index (χ1v) is 6.20. The van der Waals surface area contributed by atoms with E-state index in [1.807, 2.05) is 0 Å². The maximum atomic E-state index is 5.84. The van der Waals surface area contributed by atoms with E-state index in [1.54, 1.807) is 0 Å². The number of hydrogen-bond acceptors (Lipinski definition) is 1. The molecule has 0 fully saturated rings. The summed E-state index contributed by atoms with van der Waals surface area (Å²) in [4.78, 5) is 0. The zero-order valence-corrected chi connectivity index (χ0v) is 10.3. The molecular formula is C8H14Cl4O. The van der Waals surface area contributed by atoms with Crippen LogP contribution < -0.4 is 0 Å². The Morgan fingerprint density at radius 1 is 0.846 bits per heavy atom. The lowest BCUT2D eigenvalue weighted by Crippen LogP contribution is -2.13. The topological polar surface area (TPSA) is 9.23 Å². The average molecular weight is 268 g/mol. The Hall–Kier alpha value is 1.12. The third kappa shape index (κ3) is 9.42. The van der Waals surface area contributed by atoms with Gasteiger partial charge in [0, 0.05) is 11.8 Å². The quantitative estimate of drug-likeness (QED) is 0.600. The van der Waals surface area contributed by atoms with Gasteiger partial charge in [-0.1, -0.05) is 23.2 Å². The minimum absolute atomic E-state index is 0.337. The summed E-state index contributed by atoms with van der Waals surface area (Å²) in [5.41, 5.74) is -0.673. The lowest BCUT2D eigenvalue weighted by Gasteiger charge is -2.14. The molecule has 0 amide bonds. The first-order chi connectivity index (χ1) is 6.20. The lowest BCUT2D eigenvalue weighted by atomic mass is 10.3. The smallest absolute Gasteiger partial charge is 0.133 e. The molecule has 80 valence electrons. The molecule has 0 aromatic heterocycles. The van der Waals surface area contributed by atoms with Gasteiger partial charge in [0.25, 0.3) is 0 Å². The summed E-state index contributed by atoms with van der Waals surface area (Å²) in [7, 11) is 0. The Balaban J connectivity index is 3.35. The van der Waals surface area contributed by atoms with E-state index in [0.717, 1.165) is 25.7 Å². The van der Waals surface area contributed by atoms with Gasteiger partial charge in [-0.15, -0.1) is 23.2 Å². The van der Waals surface area contributed by atoms with Crippen molar-refractivity contribution in [3.8, 4) is 0 Å². The van der Waals surface area contributed by atoms with E-state index in [2.05, 4.69) is 0 Å². The van der Waals surface area contributed by atoms with Gasteiger partial charge in [0.15, 0.2) is 0 Å². The van der Waals surface area contributed by atoms with Crippen LogP contribution in [0.4, 0.5) is 0 Å². The largest absolute Gasteiger partial charge is 0.344 e. The first-order valence-electron chi connectivity index (χ1n) is 4.26. The second-order valence-electron chi connectivity index (χ2n) is 2.62. The van der Waals surface area contributed by atoms with E-state index in [-0.39, 0.29) is 11.1 Å². The molecule has 0 saturated heterocycles. The van der Waals surface area contributed by atoms with Crippen molar-refractivity contribution >= 4 is 46.4 Å². The van der Waals surface area contributed by atoms with Crippen LogP contribution in [0, 0.1) is 0 Å². The van der Waals surface area contributed by atoms with Gasteiger partial charge in [0.2, 0.25) is 0 Å². The van der Waals surface area contributed by atoms with E-state index < -0.39 is 0 Å². The van der Waals surface area contributed by atoms with Gasteiger partial charge in [-0.3, -0.25) is 0 Å². The highest BCUT2D eigenvalue weighted by molar-refractivity contribution is 6.22. The predicted molar refractivity (Wildman–Crippen MR) is 60.3 cm³/mol. The van der Waals surface area contributed by atoms with E-state index >= 15 is 0 Å². The van der Waals surface area contributed by atoms with Crippen LogP contribution in [-0.2, 0) is 4.74 Å². The van der Waals surface area contributed by atoms with E-state index in [9.17, 15) is 0 Å². The standard InChI is InChI=1S/C8H14Cl4O/c9-5-1-3-7(11)13-8(12)4-2-6-10/h7-8H,1-6H2. The van der Waals surface area contributed by atoms with Crippen molar-refractivity contribution in [3.63, 3.8) is 0 Å². The number of alkyl halides is 4. The molecule has 0 aliphatic rings. The Bertz CT molecular complexity index is 100. The van der Waals surface area contributed by atoms with Gasteiger partial charge in [-0.25, -0.2) is 0 Å². The summed E-state index contributed by atoms with van der Waals surface area (Å²) in [6.45, 7) is 0. The average Bonchev–Trinajstić information content (AvgIpc) is 2.11. The number of ether oxygens (including phenoxy) is 1. The van der Waals surface area contributed by atoms with Crippen molar-refractivity contribution in [2.45, 2.75) is 36.8 Å². The molecule has 0 aromatic rings. The lowest BCUT2D eigenvalue weighted by molar-refractivity contribution is 0.0716. The van der Waals surface area contributed by atoms with E-state index in [4.69, 9.17) is 51.1 Å². The van der Waals surface area contributed by atoms with Crippen molar-refractivity contribution < 1.29 is 4.74 Å². The van der Waals surface area contributed by atoms with Crippen LogP contribution in [0.3, 0.4) is 0 Å². The Morgan fingerprint density at radius 3 is 1.54 bits per heavy atom. The molecule has 0 rings (SSSR count). The Morgan fingerprint density at radius 2 is 1.23 bits per heavy atom. The zero-order chi connectivity index (χ0) is 10.1. The van der Waals surface area contributed by atoms with E-state index in [0.29, 0.717) is 11.8 Å². The summed E-state index contributed by atoms with van der Waals surface area (Å²) < 4.78 is 5.27. The van der Waals surface area contributed by atoms with E-state index in [1.165, 1.54) is 0 Å². The fraction of sp³-hybridized carbons (Fsp3) is 1.00. The zero-order valence-electron chi connectivity index (χ0n) is 7.32. The molecule has 0 N–H and O–H groups in total. The predicted octanol–water partition coefficient (Wildman–Crippen LogP) is 4.17. The molecule has 0 radical (unpaired) electrons. The normalized spacial score (nSPS) is 15.7. The number of hydrogen-bond donors (Lipinski definition) is 0. The van der Waals surface area contributed by atoms with Crippen molar-refractivity contribution in [1.29, 1.82) is 0 Å². The maximum absolute atomic E-state index is 5.84. The highest BCUT2D eigenvalue weighted by atomic mass is 35.5. The second kappa shape index (κ2) is 9.67. The highest BCUT2D eigenvalue weighted by Crippen LogP contribution is 2.16. The number of rotatable bonds is 8. The van der Waals surface area contributed by atoms with Crippen molar-refractivity contribution in [1.82, 2.24) is 0 Å². The van der Waals surface area contributed by atoms with Crippen LogP contribution >= 0.6 is 46.4 Å². The van der Waals surface area contributed by atoms with Gasteiger partial charge >= 0.3 is 0 Å². The van der Waals surface area contributed by atoms with Gasteiger partial charge < -0.3 is 4.74 Å². The summed E-state index contributed by atoms with van der Waals surface area (Å²) in [5, 5.41) is 0. The Kier molecular flexibility index (Phi) is 10.5. The molecule has 0 spiro atoms. The third-order valence-electron chi connectivity index (χ3n) is 1.42. The molecule has 5 heteroatoms. The molecule has 0 aromatic carbocycles. The fourth-order valence-electron chi connectivity index (χ4n) is 0.772. The molecule has 0 saturated carbocycles. The van der Waals surface area contributed by atoms with Crippen molar-refractivity contribution in [2.75, 3.05) is 11.8 Å². The summed E-state index contributed by atoms with van der Waals surface area (Å²) in [6.07, 6.45) is 3.15. The minimum atomic E-state index is -0.337. The molecule has 0 aliphatic carbocycles. The first kappa shape index (κ1) is 14.1. The molecule has 2 atom stereocenters. The molecule has 0 heterocycles. The van der Waals surface area contributed by atoms with Crippen LogP contribution in [0.15, 0.2) is 0 Å². The Labute approximate surface area is 99.6 Å².